The average molecular weight is 361 g/mol. The summed E-state index contributed by atoms with van der Waals surface area (Å²) < 4.78 is 0. The van der Waals surface area contributed by atoms with Crippen molar-refractivity contribution in [2.24, 2.45) is 0 Å². The Labute approximate surface area is 151 Å². The molecule has 0 heterocycles. The Bertz CT molecular complexity index is 837. The Morgan fingerprint density at radius 3 is 1.92 bits per heavy atom. The van der Waals surface area contributed by atoms with E-state index >= 15 is 0 Å². The number of carbonyl (C=O) groups is 2. The van der Waals surface area contributed by atoms with Crippen LogP contribution in [0.5, 0.6) is 0 Å². The standard InChI is InChI=1S/C20H18Cl2O2/c1-19(2)11-20(3,14-7-4-12(5-8-14)17(21)23)15-9-6-13(18(22)24)10-16(15)19/h4-10H,11H2,1-3H3. The van der Waals surface area contributed by atoms with E-state index in [4.69, 9.17) is 23.2 Å². The van der Waals surface area contributed by atoms with Gasteiger partial charge in [0.05, 0.1) is 0 Å². The third-order valence-electron chi connectivity index (χ3n) is 5.11. The van der Waals surface area contributed by atoms with Gasteiger partial charge in [0.25, 0.3) is 10.5 Å². The molecule has 0 aliphatic heterocycles. The molecule has 4 heteroatoms. The van der Waals surface area contributed by atoms with E-state index in [0.717, 1.165) is 17.5 Å². The molecule has 0 aromatic heterocycles. The number of hydrogen-bond donors (Lipinski definition) is 0. The van der Waals surface area contributed by atoms with Crippen LogP contribution in [0.25, 0.3) is 0 Å². The minimum Gasteiger partial charge on any atom is -0.276 e. The molecule has 0 bridgehead atoms. The van der Waals surface area contributed by atoms with Gasteiger partial charge in [0.1, 0.15) is 0 Å². The second-order valence-corrected chi connectivity index (χ2v) is 7.96. The van der Waals surface area contributed by atoms with Gasteiger partial charge in [-0.2, -0.15) is 0 Å². The Balaban J connectivity index is 2.13. The van der Waals surface area contributed by atoms with E-state index in [0.29, 0.717) is 11.1 Å². The zero-order valence-electron chi connectivity index (χ0n) is 13.8. The molecule has 0 radical (unpaired) electrons. The summed E-state index contributed by atoms with van der Waals surface area (Å²) in [6, 6.07) is 13.1. The van der Waals surface area contributed by atoms with Crippen molar-refractivity contribution in [1.29, 1.82) is 0 Å². The van der Waals surface area contributed by atoms with Crippen molar-refractivity contribution < 1.29 is 9.59 Å². The number of hydrogen-bond acceptors (Lipinski definition) is 2. The van der Waals surface area contributed by atoms with Gasteiger partial charge in [-0.05, 0) is 76.0 Å². The van der Waals surface area contributed by atoms with Crippen LogP contribution >= 0.6 is 23.2 Å². The summed E-state index contributed by atoms with van der Waals surface area (Å²) in [5, 5.41) is -0.892. The fourth-order valence-corrected chi connectivity index (χ4v) is 4.25. The normalized spacial score (nSPS) is 21.4. The predicted octanol–water partition coefficient (Wildman–Crippen LogP) is 5.43. The molecule has 124 valence electrons. The lowest BCUT2D eigenvalue weighted by Crippen LogP contribution is -2.23. The van der Waals surface area contributed by atoms with Gasteiger partial charge in [-0.25, -0.2) is 0 Å². The number of benzene rings is 2. The maximum atomic E-state index is 11.5. The lowest BCUT2D eigenvalue weighted by Gasteiger charge is -2.28. The first-order chi connectivity index (χ1) is 11.1. The maximum Gasteiger partial charge on any atom is 0.252 e. The quantitative estimate of drug-likeness (QED) is 0.683. The third-order valence-corrected chi connectivity index (χ3v) is 5.55. The minimum atomic E-state index is -0.455. The molecule has 2 aromatic carbocycles. The average Bonchev–Trinajstić information content (AvgIpc) is 2.74. The summed E-state index contributed by atoms with van der Waals surface area (Å²) in [6.07, 6.45) is 0.906. The van der Waals surface area contributed by atoms with E-state index in [9.17, 15) is 9.59 Å². The first-order valence-corrected chi connectivity index (χ1v) is 8.56. The van der Waals surface area contributed by atoms with Gasteiger partial charge >= 0.3 is 0 Å². The highest BCUT2D eigenvalue weighted by Gasteiger charge is 2.45. The molecule has 0 amide bonds. The van der Waals surface area contributed by atoms with Crippen molar-refractivity contribution in [3.05, 3.63) is 70.3 Å². The first-order valence-electron chi connectivity index (χ1n) is 7.80. The molecule has 0 saturated heterocycles. The lowest BCUT2D eigenvalue weighted by molar-refractivity contribution is 0.107. The number of carbonyl (C=O) groups excluding carboxylic acids is 2. The lowest BCUT2D eigenvalue weighted by atomic mass is 9.75. The van der Waals surface area contributed by atoms with Crippen molar-refractivity contribution in [3.8, 4) is 0 Å². The van der Waals surface area contributed by atoms with Crippen LogP contribution in [0.2, 0.25) is 0 Å². The smallest absolute Gasteiger partial charge is 0.252 e. The van der Waals surface area contributed by atoms with Crippen LogP contribution in [0.1, 0.15) is 64.6 Å². The van der Waals surface area contributed by atoms with Gasteiger partial charge < -0.3 is 0 Å². The van der Waals surface area contributed by atoms with E-state index in [1.807, 2.05) is 24.3 Å². The van der Waals surface area contributed by atoms with Gasteiger partial charge in [-0.15, -0.1) is 0 Å². The summed E-state index contributed by atoms with van der Waals surface area (Å²) in [6.45, 7) is 6.55. The highest BCUT2D eigenvalue weighted by Crippen LogP contribution is 2.52. The highest BCUT2D eigenvalue weighted by molar-refractivity contribution is 6.68. The molecular weight excluding hydrogens is 343 g/mol. The van der Waals surface area contributed by atoms with Crippen molar-refractivity contribution in [3.63, 3.8) is 0 Å². The summed E-state index contributed by atoms with van der Waals surface area (Å²) in [5.41, 5.74) is 4.21. The van der Waals surface area contributed by atoms with Gasteiger partial charge in [0.15, 0.2) is 0 Å². The van der Waals surface area contributed by atoms with E-state index in [1.54, 1.807) is 18.2 Å². The molecule has 1 aliphatic rings. The van der Waals surface area contributed by atoms with Gasteiger partial charge in [0.2, 0.25) is 0 Å². The molecule has 3 rings (SSSR count). The molecule has 2 nitrogen and oxygen atoms in total. The minimum absolute atomic E-state index is 0.0760. The Kier molecular flexibility index (Phi) is 4.09. The second kappa shape index (κ2) is 5.72. The highest BCUT2D eigenvalue weighted by atomic mass is 35.5. The van der Waals surface area contributed by atoms with Crippen molar-refractivity contribution in [2.75, 3.05) is 0 Å². The molecule has 1 unspecified atom stereocenters. The van der Waals surface area contributed by atoms with Crippen molar-refractivity contribution in [2.45, 2.75) is 38.0 Å². The third kappa shape index (κ3) is 2.68. The van der Waals surface area contributed by atoms with E-state index in [-0.39, 0.29) is 10.8 Å². The van der Waals surface area contributed by atoms with Crippen LogP contribution in [0.4, 0.5) is 0 Å². The van der Waals surface area contributed by atoms with Crippen LogP contribution in [-0.2, 0) is 10.8 Å². The van der Waals surface area contributed by atoms with Gasteiger partial charge in [0, 0.05) is 16.5 Å². The molecule has 1 atom stereocenters. The SMILES string of the molecule is CC1(C)CC(C)(c2ccc(C(=O)Cl)cc2)c2ccc(C(=O)Cl)cc21. The Hall–Kier alpha value is -1.64. The number of fused-ring (bicyclic) bond motifs is 1. The molecule has 1 aliphatic carbocycles. The van der Waals surface area contributed by atoms with Crippen LogP contribution in [0.3, 0.4) is 0 Å². The van der Waals surface area contributed by atoms with Gasteiger partial charge in [-0.1, -0.05) is 39.0 Å². The fourth-order valence-electron chi connectivity index (χ4n) is 4.01. The van der Waals surface area contributed by atoms with Crippen LogP contribution in [0.15, 0.2) is 42.5 Å². The van der Waals surface area contributed by atoms with Crippen molar-refractivity contribution in [1.82, 2.24) is 0 Å². The van der Waals surface area contributed by atoms with E-state index in [2.05, 4.69) is 20.8 Å². The molecule has 2 aromatic rings. The largest absolute Gasteiger partial charge is 0.276 e. The second-order valence-electron chi connectivity index (χ2n) is 7.28. The van der Waals surface area contributed by atoms with E-state index in [1.165, 1.54) is 5.56 Å². The fraction of sp³-hybridized carbons (Fsp3) is 0.300. The topological polar surface area (TPSA) is 34.1 Å². The molecule has 24 heavy (non-hydrogen) atoms. The number of rotatable bonds is 3. The predicted molar refractivity (Wildman–Crippen MR) is 97.3 cm³/mol. The molecule has 0 spiro atoms. The Morgan fingerprint density at radius 2 is 1.38 bits per heavy atom. The summed E-state index contributed by atoms with van der Waals surface area (Å²) >= 11 is 11.2. The zero-order valence-corrected chi connectivity index (χ0v) is 15.3. The summed E-state index contributed by atoms with van der Waals surface area (Å²) in [7, 11) is 0. The van der Waals surface area contributed by atoms with Crippen molar-refractivity contribution >= 4 is 33.7 Å². The first kappa shape index (κ1) is 17.2. The van der Waals surface area contributed by atoms with Gasteiger partial charge in [-0.3, -0.25) is 9.59 Å². The molecule has 0 fully saturated rings. The van der Waals surface area contributed by atoms with Crippen LogP contribution in [0, 0.1) is 0 Å². The Morgan fingerprint density at radius 1 is 0.833 bits per heavy atom. The maximum absolute atomic E-state index is 11.5. The van der Waals surface area contributed by atoms with Crippen LogP contribution < -0.4 is 0 Å². The molecule has 0 N–H and O–H groups in total. The zero-order chi connectivity index (χ0) is 17.7. The van der Waals surface area contributed by atoms with E-state index < -0.39 is 10.5 Å². The molecule has 0 saturated carbocycles. The summed E-state index contributed by atoms with van der Waals surface area (Å²) in [5.74, 6) is 0. The monoisotopic (exact) mass is 360 g/mol. The number of halogens is 2. The van der Waals surface area contributed by atoms with Crippen LogP contribution in [-0.4, -0.2) is 10.5 Å². The molecular formula is C20H18Cl2O2. The summed E-state index contributed by atoms with van der Waals surface area (Å²) in [4.78, 5) is 22.8.